The molecule has 1 aliphatic rings. The van der Waals surface area contributed by atoms with E-state index in [0.717, 1.165) is 23.9 Å². The first kappa shape index (κ1) is 15.2. The van der Waals surface area contributed by atoms with Gasteiger partial charge >= 0.3 is 0 Å². The second-order valence-electron chi connectivity index (χ2n) is 5.90. The van der Waals surface area contributed by atoms with E-state index in [1.165, 1.54) is 9.54 Å². The summed E-state index contributed by atoms with van der Waals surface area (Å²) in [6.45, 7) is 1.64. The smallest absolute Gasteiger partial charge is 0.268 e. The molecule has 0 unspecified atom stereocenters. The minimum atomic E-state index is -3.65. The van der Waals surface area contributed by atoms with Gasteiger partial charge < -0.3 is 10.1 Å². The summed E-state index contributed by atoms with van der Waals surface area (Å²) in [5.41, 5.74) is 2.88. The number of benzene rings is 2. The molecule has 5 nitrogen and oxygen atoms in total. The Morgan fingerprint density at radius 1 is 1.08 bits per heavy atom. The molecule has 124 valence electrons. The van der Waals surface area contributed by atoms with Crippen LogP contribution in [0.2, 0.25) is 0 Å². The van der Waals surface area contributed by atoms with Crippen LogP contribution in [0, 0.1) is 0 Å². The molecule has 4 rings (SSSR count). The second-order valence-corrected chi connectivity index (χ2v) is 7.71. The van der Waals surface area contributed by atoms with Gasteiger partial charge in [0.1, 0.15) is 5.75 Å². The van der Waals surface area contributed by atoms with Crippen molar-refractivity contribution in [3.63, 3.8) is 0 Å². The van der Waals surface area contributed by atoms with Crippen LogP contribution in [-0.2, 0) is 23.0 Å². The lowest BCUT2D eigenvalue weighted by atomic mass is 10.0. The number of fused-ring (bicyclic) bond motifs is 2. The van der Waals surface area contributed by atoms with E-state index in [1.807, 2.05) is 18.2 Å². The Morgan fingerprint density at radius 3 is 2.79 bits per heavy atom. The number of ether oxygens (including phenoxy) is 1. The van der Waals surface area contributed by atoms with Crippen molar-refractivity contribution >= 4 is 20.9 Å². The molecule has 0 saturated carbocycles. The van der Waals surface area contributed by atoms with Gasteiger partial charge in [0.05, 0.1) is 17.5 Å². The van der Waals surface area contributed by atoms with Gasteiger partial charge in [0.15, 0.2) is 0 Å². The molecule has 1 aliphatic heterocycles. The first-order chi connectivity index (χ1) is 11.6. The predicted octanol–water partition coefficient (Wildman–Crippen LogP) is 2.53. The predicted molar refractivity (Wildman–Crippen MR) is 92.9 cm³/mol. The maximum absolute atomic E-state index is 13.1. The van der Waals surface area contributed by atoms with Crippen molar-refractivity contribution in [3.05, 3.63) is 59.8 Å². The topological polar surface area (TPSA) is 60.3 Å². The summed E-state index contributed by atoms with van der Waals surface area (Å²) in [6, 6.07) is 12.6. The average molecular weight is 342 g/mol. The lowest BCUT2D eigenvalue weighted by Gasteiger charge is -2.18. The Balaban J connectivity index is 1.86. The maximum Gasteiger partial charge on any atom is 0.268 e. The van der Waals surface area contributed by atoms with E-state index in [-0.39, 0.29) is 0 Å². The van der Waals surface area contributed by atoms with Crippen LogP contribution in [0.25, 0.3) is 10.9 Å². The molecule has 0 aliphatic carbocycles. The molecule has 6 heteroatoms. The lowest BCUT2D eigenvalue weighted by Crippen LogP contribution is -2.24. The molecule has 2 heterocycles. The van der Waals surface area contributed by atoms with E-state index in [1.54, 1.807) is 37.6 Å². The highest BCUT2D eigenvalue weighted by Crippen LogP contribution is 2.27. The Morgan fingerprint density at radius 2 is 1.96 bits per heavy atom. The summed E-state index contributed by atoms with van der Waals surface area (Å²) in [5.74, 6) is 0.632. The minimum Gasteiger partial charge on any atom is -0.497 e. The molecular weight excluding hydrogens is 324 g/mol. The van der Waals surface area contributed by atoms with Gasteiger partial charge in [-0.1, -0.05) is 6.07 Å². The number of aromatic nitrogens is 1. The van der Waals surface area contributed by atoms with Crippen LogP contribution in [0.5, 0.6) is 5.75 Å². The Bertz CT molecular complexity index is 1020. The fourth-order valence-electron chi connectivity index (χ4n) is 3.15. The van der Waals surface area contributed by atoms with E-state index < -0.39 is 10.0 Å². The van der Waals surface area contributed by atoms with Gasteiger partial charge in [-0.2, -0.15) is 0 Å². The monoisotopic (exact) mass is 342 g/mol. The number of hydrogen-bond acceptors (Lipinski definition) is 4. The van der Waals surface area contributed by atoms with Gasteiger partial charge in [-0.05, 0) is 54.4 Å². The highest BCUT2D eigenvalue weighted by atomic mass is 32.2. The normalized spacial score (nSPS) is 14.5. The van der Waals surface area contributed by atoms with Gasteiger partial charge in [-0.15, -0.1) is 0 Å². The van der Waals surface area contributed by atoms with Gasteiger partial charge in [0, 0.05) is 24.2 Å². The standard InChI is InChI=1S/C18H18N2O3S/c1-23-16-4-2-14-7-9-20(18(14)11-16)24(21,22)17-5-3-13-6-8-19-12-15(13)10-17/h2-5,7,9-11,19H,6,8,12H2,1H3. The zero-order valence-corrected chi connectivity index (χ0v) is 14.1. The summed E-state index contributed by atoms with van der Waals surface area (Å²) >= 11 is 0. The highest BCUT2D eigenvalue weighted by molar-refractivity contribution is 7.90. The maximum atomic E-state index is 13.1. The zero-order valence-electron chi connectivity index (χ0n) is 13.3. The number of methoxy groups -OCH3 is 1. The molecule has 1 N–H and O–H groups in total. The van der Waals surface area contributed by atoms with Gasteiger partial charge in [0.25, 0.3) is 10.0 Å². The Kier molecular flexibility index (Phi) is 3.58. The fourth-order valence-corrected chi connectivity index (χ4v) is 4.55. The van der Waals surface area contributed by atoms with Crippen LogP contribution < -0.4 is 10.1 Å². The Labute approximate surface area is 140 Å². The molecule has 3 aromatic rings. The van der Waals surface area contributed by atoms with E-state index in [4.69, 9.17) is 4.74 Å². The van der Waals surface area contributed by atoms with Crippen molar-refractivity contribution in [2.45, 2.75) is 17.9 Å². The summed E-state index contributed by atoms with van der Waals surface area (Å²) in [6.07, 6.45) is 2.52. The van der Waals surface area contributed by atoms with E-state index in [9.17, 15) is 8.42 Å². The second kappa shape index (κ2) is 5.65. The molecule has 0 radical (unpaired) electrons. The fraction of sp³-hybridized carbons (Fsp3) is 0.222. The molecule has 1 aromatic heterocycles. The molecule has 0 amide bonds. The Hall–Kier alpha value is -2.31. The largest absolute Gasteiger partial charge is 0.497 e. The summed E-state index contributed by atoms with van der Waals surface area (Å²) < 4.78 is 32.7. The van der Waals surface area contributed by atoms with Gasteiger partial charge in [-0.3, -0.25) is 0 Å². The first-order valence-electron chi connectivity index (χ1n) is 7.83. The van der Waals surface area contributed by atoms with Crippen molar-refractivity contribution in [1.29, 1.82) is 0 Å². The molecule has 0 bridgehead atoms. The summed E-state index contributed by atoms with van der Waals surface area (Å²) in [4.78, 5) is 0.310. The van der Waals surface area contributed by atoms with Crippen LogP contribution in [0.1, 0.15) is 11.1 Å². The van der Waals surface area contributed by atoms with Crippen molar-refractivity contribution in [2.75, 3.05) is 13.7 Å². The van der Waals surface area contributed by atoms with E-state index in [2.05, 4.69) is 5.32 Å². The molecule has 0 fully saturated rings. The minimum absolute atomic E-state index is 0.310. The van der Waals surface area contributed by atoms with Crippen LogP contribution in [-0.4, -0.2) is 26.0 Å². The van der Waals surface area contributed by atoms with Gasteiger partial charge in [0.2, 0.25) is 0 Å². The van der Waals surface area contributed by atoms with Crippen molar-refractivity contribution < 1.29 is 13.2 Å². The summed E-state index contributed by atoms with van der Waals surface area (Å²) in [7, 11) is -2.08. The third-order valence-corrected chi connectivity index (χ3v) is 6.17. The molecule has 0 spiro atoms. The van der Waals surface area contributed by atoms with Crippen LogP contribution in [0.15, 0.2) is 53.6 Å². The lowest BCUT2D eigenvalue weighted by molar-refractivity contribution is 0.415. The van der Waals surface area contributed by atoms with E-state index in [0.29, 0.717) is 22.7 Å². The van der Waals surface area contributed by atoms with E-state index >= 15 is 0 Å². The van der Waals surface area contributed by atoms with Crippen molar-refractivity contribution in [3.8, 4) is 5.75 Å². The molecule has 2 aromatic carbocycles. The number of nitrogens with one attached hydrogen (secondary N) is 1. The zero-order chi connectivity index (χ0) is 16.7. The number of nitrogens with zero attached hydrogens (tertiary/aromatic N) is 1. The van der Waals surface area contributed by atoms with Crippen LogP contribution >= 0.6 is 0 Å². The van der Waals surface area contributed by atoms with Crippen LogP contribution in [0.3, 0.4) is 0 Å². The number of hydrogen-bond donors (Lipinski definition) is 1. The SMILES string of the molecule is COc1ccc2ccn(S(=O)(=O)c3ccc4c(c3)CNCC4)c2c1. The molecular formula is C18H18N2O3S. The molecule has 0 saturated heterocycles. The molecule has 24 heavy (non-hydrogen) atoms. The van der Waals surface area contributed by atoms with Gasteiger partial charge in [-0.25, -0.2) is 12.4 Å². The summed E-state index contributed by atoms with van der Waals surface area (Å²) in [5, 5.41) is 4.14. The average Bonchev–Trinajstić information content (AvgIpc) is 3.05. The first-order valence-corrected chi connectivity index (χ1v) is 9.27. The van der Waals surface area contributed by atoms with Crippen molar-refractivity contribution in [2.24, 2.45) is 0 Å². The number of rotatable bonds is 3. The highest BCUT2D eigenvalue weighted by Gasteiger charge is 2.21. The quantitative estimate of drug-likeness (QED) is 0.795. The molecule has 0 atom stereocenters. The van der Waals surface area contributed by atoms with Crippen molar-refractivity contribution in [1.82, 2.24) is 9.29 Å². The third-order valence-electron chi connectivity index (χ3n) is 4.49. The third kappa shape index (κ3) is 2.39. The van der Waals surface area contributed by atoms with Crippen LogP contribution in [0.4, 0.5) is 0 Å².